The molecule has 1 aliphatic heterocycles. The van der Waals surface area contributed by atoms with E-state index < -0.39 is 5.97 Å². The number of nitrogens with zero attached hydrogens (tertiary/aromatic N) is 1. The van der Waals surface area contributed by atoms with Gasteiger partial charge in [-0.2, -0.15) is 0 Å². The first kappa shape index (κ1) is 28.0. The van der Waals surface area contributed by atoms with Crippen molar-refractivity contribution in [2.24, 2.45) is 0 Å². The summed E-state index contributed by atoms with van der Waals surface area (Å²) in [4.78, 5) is 26.8. The first-order valence-electron chi connectivity index (χ1n) is 13.6. The number of methoxy groups -OCH3 is 2. The van der Waals surface area contributed by atoms with Crippen molar-refractivity contribution in [1.29, 1.82) is 0 Å². The molecule has 8 heteroatoms. The monoisotopic (exact) mass is 556 g/mol. The van der Waals surface area contributed by atoms with Gasteiger partial charge in [-0.25, -0.2) is 9.18 Å². The minimum absolute atomic E-state index is 0.227. The molecule has 0 bridgehead atoms. The zero-order valence-corrected chi connectivity index (χ0v) is 23.8. The van der Waals surface area contributed by atoms with Crippen LogP contribution in [-0.4, -0.2) is 37.3 Å². The van der Waals surface area contributed by atoms with Crippen LogP contribution in [0, 0.1) is 12.7 Å². The first-order chi connectivity index (χ1) is 19.8. The Labute approximate surface area is 238 Å². The largest absolute Gasteiger partial charge is 0.493 e. The molecule has 1 amide bonds. The van der Waals surface area contributed by atoms with E-state index >= 15 is 0 Å². The van der Waals surface area contributed by atoms with E-state index in [4.69, 9.17) is 14.2 Å². The molecule has 0 fully saturated rings. The molecule has 1 N–H and O–H groups in total. The number of amides is 1. The molecule has 0 unspecified atom stereocenters. The van der Waals surface area contributed by atoms with Gasteiger partial charge in [-0.3, -0.25) is 4.79 Å². The van der Waals surface area contributed by atoms with Crippen molar-refractivity contribution in [2.45, 2.75) is 39.8 Å². The van der Waals surface area contributed by atoms with Crippen LogP contribution >= 0.6 is 0 Å². The molecule has 41 heavy (non-hydrogen) atoms. The molecule has 4 aromatic rings. The summed E-state index contributed by atoms with van der Waals surface area (Å²) >= 11 is 0. The van der Waals surface area contributed by atoms with Crippen LogP contribution in [0.25, 0.3) is 22.4 Å². The van der Waals surface area contributed by atoms with Crippen LogP contribution in [-0.2, 0) is 17.7 Å². The molecule has 0 radical (unpaired) electrons. The first-order valence-corrected chi connectivity index (χ1v) is 13.6. The molecule has 1 atom stereocenters. The lowest BCUT2D eigenvalue weighted by atomic mass is 9.93. The summed E-state index contributed by atoms with van der Waals surface area (Å²) in [5.74, 6) is 0.175. The standard InChI is InChI=1S/C33H33FN2O5/c1-6-41-33(38)30-29(20(3)36-15-14-22-17-27(39-4)28(40-5)18-26(22)31(30)36)23-8-7-9-24(16-23)32(37)35-19(2)21-10-12-25(34)13-11-21/h7-13,16-19H,6,14-15H2,1-5H3,(H,35,37)/t19-/m0/s1. The normalized spacial score (nSPS) is 12.6. The van der Waals surface area contributed by atoms with Crippen molar-refractivity contribution in [1.82, 2.24) is 9.88 Å². The molecule has 2 heterocycles. The van der Waals surface area contributed by atoms with Gasteiger partial charge in [-0.1, -0.05) is 24.3 Å². The second-order valence-electron chi connectivity index (χ2n) is 10.00. The summed E-state index contributed by atoms with van der Waals surface area (Å²) in [6, 6.07) is 16.8. The number of aromatic nitrogens is 1. The van der Waals surface area contributed by atoms with Crippen LogP contribution in [0.1, 0.15) is 57.4 Å². The zero-order valence-electron chi connectivity index (χ0n) is 23.8. The number of carbonyl (C=O) groups is 2. The summed E-state index contributed by atoms with van der Waals surface area (Å²) in [5, 5.41) is 2.98. The van der Waals surface area contributed by atoms with E-state index in [-0.39, 0.29) is 24.4 Å². The lowest BCUT2D eigenvalue weighted by Crippen LogP contribution is -2.26. The van der Waals surface area contributed by atoms with Crippen LogP contribution in [0.15, 0.2) is 60.7 Å². The number of carbonyl (C=O) groups excluding carboxylic acids is 2. The maximum Gasteiger partial charge on any atom is 0.340 e. The predicted molar refractivity (Wildman–Crippen MR) is 155 cm³/mol. The Kier molecular flexibility index (Phi) is 7.83. The van der Waals surface area contributed by atoms with E-state index in [1.54, 1.807) is 51.5 Å². The Hall–Kier alpha value is -4.59. The Balaban J connectivity index is 1.60. The van der Waals surface area contributed by atoms with Crippen molar-refractivity contribution in [3.63, 3.8) is 0 Å². The van der Waals surface area contributed by atoms with E-state index in [1.807, 2.05) is 32.0 Å². The van der Waals surface area contributed by atoms with Crippen LogP contribution in [0.5, 0.6) is 11.5 Å². The Morgan fingerprint density at radius 1 is 1.02 bits per heavy atom. The quantitative estimate of drug-likeness (QED) is 0.250. The minimum atomic E-state index is -0.429. The molecule has 1 aliphatic rings. The molecule has 0 spiro atoms. The van der Waals surface area contributed by atoms with Crippen LogP contribution in [0.3, 0.4) is 0 Å². The highest BCUT2D eigenvalue weighted by atomic mass is 19.1. The van der Waals surface area contributed by atoms with Gasteiger partial charge >= 0.3 is 5.97 Å². The number of nitrogens with one attached hydrogen (secondary N) is 1. The molecule has 0 saturated carbocycles. The SMILES string of the molecule is CCOC(=O)c1c(-c2cccc(C(=O)N[C@@H](C)c3ccc(F)cc3)c2)c(C)n2c1-c1cc(OC)c(OC)cc1CC2. The van der Waals surface area contributed by atoms with E-state index in [2.05, 4.69) is 9.88 Å². The van der Waals surface area contributed by atoms with E-state index in [1.165, 1.54) is 12.1 Å². The highest BCUT2D eigenvalue weighted by Crippen LogP contribution is 2.45. The number of halogens is 1. The fraction of sp³-hybridized carbons (Fsp3) is 0.273. The lowest BCUT2D eigenvalue weighted by molar-refractivity contribution is 0.0528. The molecule has 212 valence electrons. The summed E-state index contributed by atoms with van der Waals surface area (Å²) in [6.45, 7) is 6.51. The molecular formula is C33H33FN2O5. The Morgan fingerprint density at radius 2 is 1.73 bits per heavy atom. The summed E-state index contributed by atoms with van der Waals surface area (Å²) < 4.78 is 32.2. The van der Waals surface area contributed by atoms with Crippen molar-refractivity contribution < 1.29 is 28.2 Å². The predicted octanol–water partition coefficient (Wildman–Crippen LogP) is 6.51. The van der Waals surface area contributed by atoms with Crippen molar-refractivity contribution in [2.75, 3.05) is 20.8 Å². The number of ether oxygens (including phenoxy) is 3. The van der Waals surface area contributed by atoms with Crippen molar-refractivity contribution in [3.8, 4) is 33.9 Å². The molecule has 0 aliphatic carbocycles. The number of benzene rings is 3. The molecular weight excluding hydrogens is 523 g/mol. The van der Waals surface area contributed by atoms with Crippen LogP contribution in [0.4, 0.5) is 4.39 Å². The van der Waals surface area contributed by atoms with Gasteiger partial charge in [0.1, 0.15) is 5.82 Å². The van der Waals surface area contributed by atoms with E-state index in [9.17, 15) is 14.0 Å². The van der Waals surface area contributed by atoms with Gasteiger partial charge in [0.25, 0.3) is 5.91 Å². The highest BCUT2D eigenvalue weighted by molar-refractivity contribution is 6.06. The molecule has 0 saturated heterocycles. The van der Waals surface area contributed by atoms with Gasteiger partial charge in [0.15, 0.2) is 11.5 Å². The summed E-state index contributed by atoms with van der Waals surface area (Å²) in [6.07, 6.45) is 0.754. The third-order valence-corrected chi connectivity index (χ3v) is 7.60. The topological polar surface area (TPSA) is 78.8 Å². The summed E-state index contributed by atoms with van der Waals surface area (Å²) in [5.41, 5.74) is 6.75. The number of hydrogen-bond donors (Lipinski definition) is 1. The maximum absolute atomic E-state index is 13.6. The second-order valence-corrected chi connectivity index (χ2v) is 10.00. The van der Waals surface area contributed by atoms with E-state index in [0.717, 1.165) is 45.6 Å². The Bertz CT molecular complexity index is 1620. The third-order valence-electron chi connectivity index (χ3n) is 7.60. The average molecular weight is 557 g/mol. The minimum Gasteiger partial charge on any atom is -0.493 e. The lowest BCUT2D eigenvalue weighted by Gasteiger charge is -2.23. The number of esters is 1. The molecule has 3 aromatic carbocycles. The number of hydrogen-bond acceptors (Lipinski definition) is 5. The van der Waals surface area contributed by atoms with Gasteiger partial charge in [-0.15, -0.1) is 0 Å². The highest BCUT2D eigenvalue weighted by Gasteiger charge is 2.32. The second kappa shape index (κ2) is 11.5. The van der Waals surface area contributed by atoms with E-state index in [0.29, 0.717) is 29.2 Å². The maximum atomic E-state index is 13.6. The fourth-order valence-electron chi connectivity index (χ4n) is 5.56. The van der Waals surface area contributed by atoms with Crippen LogP contribution in [0.2, 0.25) is 0 Å². The average Bonchev–Trinajstić information content (AvgIpc) is 3.29. The molecule has 5 rings (SSSR count). The number of fused-ring (bicyclic) bond motifs is 3. The Morgan fingerprint density at radius 3 is 2.41 bits per heavy atom. The summed E-state index contributed by atoms with van der Waals surface area (Å²) in [7, 11) is 3.19. The fourth-order valence-corrected chi connectivity index (χ4v) is 5.56. The molecule has 7 nitrogen and oxygen atoms in total. The number of aryl methyl sites for hydroxylation is 1. The van der Waals surface area contributed by atoms with Gasteiger partial charge in [0.05, 0.1) is 38.1 Å². The zero-order chi connectivity index (χ0) is 29.3. The van der Waals surface area contributed by atoms with Gasteiger partial charge < -0.3 is 24.1 Å². The van der Waals surface area contributed by atoms with Gasteiger partial charge in [0.2, 0.25) is 0 Å². The van der Waals surface area contributed by atoms with Crippen molar-refractivity contribution in [3.05, 3.63) is 94.4 Å². The number of rotatable bonds is 8. The third kappa shape index (κ3) is 5.17. The molecule has 1 aromatic heterocycles. The van der Waals surface area contributed by atoms with Crippen molar-refractivity contribution >= 4 is 11.9 Å². The smallest absolute Gasteiger partial charge is 0.340 e. The van der Waals surface area contributed by atoms with Gasteiger partial charge in [0, 0.05) is 28.9 Å². The van der Waals surface area contributed by atoms with Crippen LogP contribution < -0.4 is 14.8 Å². The van der Waals surface area contributed by atoms with Gasteiger partial charge in [-0.05, 0) is 80.3 Å².